The van der Waals surface area contributed by atoms with Gasteiger partial charge in [-0.05, 0) is 36.2 Å². The lowest BCUT2D eigenvalue weighted by atomic mass is 10.1. The standard InChI is InChI=1S/C22H19F2N3O3S/c1-29-19-10-11-25-17(21(19)30-2)13-27-22(28)26(18-8-3-4-9-20(18)31-27)12-14-15(23)6-5-7-16(14)24/h3-11H,12-13H2,1-2H3. The molecule has 1 aliphatic heterocycles. The zero-order valence-corrected chi connectivity index (χ0v) is 17.7. The van der Waals surface area contributed by atoms with Crippen LogP contribution in [0.25, 0.3) is 0 Å². The minimum Gasteiger partial charge on any atom is -0.493 e. The van der Waals surface area contributed by atoms with Crippen LogP contribution in [0.3, 0.4) is 0 Å². The fraction of sp³-hybridized carbons (Fsp3) is 0.182. The number of para-hydroxylation sites is 1. The number of hydrogen-bond acceptors (Lipinski definition) is 5. The van der Waals surface area contributed by atoms with E-state index in [9.17, 15) is 13.6 Å². The van der Waals surface area contributed by atoms with E-state index in [2.05, 4.69) is 4.98 Å². The number of urea groups is 1. The lowest BCUT2D eigenvalue weighted by Crippen LogP contribution is -2.42. The van der Waals surface area contributed by atoms with Crippen molar-refractivity contribution in [3.05, 3.63) is 77.6 Å². The molecule has 0 N–H and O–H groups in total. The molecule has 0 unspecified atom stereocenters. The first-order valence-corrected chi connectivity index (χ1v) is 10.2. The molecule has 0 atom stereocenters. The van der Waals surface area contributed by atoms with Gasteiger partial charge in [0.05, 0.1) is 37.9 Å². The Kier molecular flexibility index (Phi) is 5.94. The molecule has 0 saturated heterocycles. The lowest BCUT2D eigenvalue weighted by Gasteiger charge is -2.36. The van der Waals surface area contributed by atoms with Crippen LogP contribution in [-0.2, 0) is 13.1 Å². The van der Waals surface area contributed by atoms with Crippen LogP contribution < -0.4 is 14.4 Å². The molecule has 0 radical (unpaired) electrons. The van der Waals surface area contributed by atoms with Gasteiger partial charge in [0.1, 0.15) is 17.3 Å². The number of hydrogen-bond donors (Lipinski definition) is 0. The maximum atomic E-state index is 14.3. The molecule has 6 nitrogen and oxygen atoms in total. The predicted molar refractivity (Wildman–Crippen MR) is 113 cm³/mol. The highest BCUT2D eigenvalue weighted by Gasteiger charge is 2.33. The summed E-state index contributed by atoms with van der Waals surface area (Å²) in [6, 6.07) is 12.1. The summed E-state index contributed by atoms with van der Waals surface area (Å²) in [6.07, 6.45) is 1.57. The van der Waals surface area contributed by atoms with Gasteiger partial charge in [0.25, 0.3) is 0 Å². The number of methoxy groups -OCH3 is 2. The Labute approximate surface area is 182 Å². The Morgan fingerprint density at radius 3 is 2.42 bits per heavy atom. The first kappa shape index (κ1) is 20.9. The molecule has 1 aromatic heterocycles. The van der Waals surface area contributed by atoms with Crippen LogP contribution in [0.2, 0.25) is 0 Å². The topological polar surface area (TPSA) is 54.9 Å². The van der Waals surface area contributed by atoms with Crippen molar-refractivity contribution >= 4 is 23.7 Å². The summed E-state index contributed by atoms with van der Waals surface area (Å²) in [5, 5.41) is 0. The number of anilines is 1. The number of ether oxygens (including phenoxy) is 2. The SMILES string of the molecule is COc1ccnc(CN2Sc3ccccc3N(Cc3c(F)cccc3F)C2=O)c1OC. The third kappa shape index (κ3) is 4.00. The van der Waals surface area contributed by atoms with E-state index in [0.29, 0.717) is 22.9 Å². The average Bonchev–Trinajstić information content (AvgIpc) is 2.78. The number of carbonyl (C=O) groups is 1. The first-order valence-electron chi connectivity index (χ1n) is 9.38. The van der Waals surface area contributed by atoms with E-state index in [1.165, 1.54) is 53.6 Å². The number of nitrogens with zero attached hydrogens (tertiary/aromatic N) is 3. The molecule has 3 aromatic rings. The second kappa shape index (κ2) is 8.81. The van der Waals surface area contributed by atoms with Gasteiger partial charge in [-0.2, -0.15) is 0 Å². The zero-order valence-electron chi connectivity index (χ0n) is 16.8. The second-order valence-electron chi connectivity index (χ2n) is 6.66. The van der Waals surface area contributed by atoms with E-state index in [4.69, 9.17) is 9.47 Å². The monoisotopic (exact) mass is 443 g/mol. The number of amides is 2. The van der Waals surface area contributed by atoms with Crippen LogP contribution in [0.15, 0.2) is 59.6 Å². The molecular formula is C22H19F2N3O3S. The number of carbonyl (C=O) groups excluding carboxylic acids is 1. The van der Waals surface area contributed by atoms with Crippen molar-refractivity contribution in [1.29, 1.82) is 0 Å². The molecule has 1 aliphatic rings. The number of aromatic nitrogens is 1. The Hall–Kier alpha value is -3.33. The maximum absolute atomic E-state index is 14.3. The maximum Gasteiger partial charge on any atom is 0.335 e. The molecule has 0 bridgehead atoms. The van der Waals surface area contributed by atoms with Gasteiger partial charge in [-0.3, -0.25) is 14.2 Å². The van der Waals surface area contributed by atoms with Crippen LogP contribution in [-0.4, -0.2) is 29.5 Å². The molecule has 31 heavy (non-hydrogen) atoms. The van der Waals surface area contributed by atoms with E-state index < -0.39 is 17.7 Å². The van der Waals surface area contributed by atoms with Crippen molar-refractivity contribution in [3.63, 3.8) is 0 Å². The van der Waals surface area contributed by atoms with Gasteiger partial charge in [-0.25, -0.2) is 13.6 Å². The summed E-state index contributed by atoms with van der Waals surface area (Å²) in [6.45, 7) is -0.136. The number of pyridine rings is 1. The second-order valence-corrected chi connectivity index (χ2v) is 7.72. The molecular weight excluding hydrogens is 424 g/mol. The van der Waals surface area contributed by atoms with Crippen LogP contribution in [0, 0.1) is 11.6 Å². The third-order valence-electron chi connectivity index (χ3n) is 4.85. The molecule has 2 aromatic carbocycles. The average molecular weight is 443 g/mol. The number of halogens is 2. The molecule has 2 heterocycles. The summed E-state index contributed by atoms with van der Waals surface area (Å²) in [5.74, 6) is -0.492. The number of benzene rings is 2. The van der Waals surface area contributed by atoms with Crippen LogP contribution in [0.1, 0.15) is 11.3 Å². The summed E-state index contributed by atoms with van der Waals surface area (Å²) in [4.78, 5) is 19.8. The van der Waals surface area contributed by atoms with Crippen LogP contribution in [0.5, 0.6) is 11.5 Å². The normalized spacial score (nSPS) is 13.2. The van der Waals surface area contributed by atoms with Gasteiger partial charge in [-0.1, -0.05) is 18.2 Å². The van der Waals surface area contributed by atoms with Crippen molar-refractivity contribution in [2.45, 2.75) is 18.0 Å². The minimum absolute atomic E-state index is 0.106. The molecule has 9 heteroatoms. The van der Waals surface area contributed by atoms with Crippen LogP contribution in [0.4, 0.5) is 19.3 Å². The molecule has 0 fully saturated rings. The Morgan fingerprint density at radius 2 is 1.71 bits per heavy atom. The Balaban J connectivity index is 1.70. The Bertz CT molecular complexity index is 1110. The molecule has 0 aliphatic carbocycles. The van der Waals surface area contributed by atoms with Crippen molar-refractivity contribution in [2.75, 3.05) is 19.1 Å². The summed E-state index contributed by atoms with van der Waals surface area (Å²) in [7, 11) is 3.01. The highest BCUT2D eigenvalue weighted by Crippen LogP contribution is 2.41. The molecule has 4 rings (SSSR count). The van der Waals surface area contributed by atoms with Gasteiger partial charge < -0.3 is 9.47 Å². The molecule has 0 spiro atoms. The number of rotatable bonds is 6. The van der Waals surface area contributed by atoms with E-state index in [-0.39, 0.29) is 18.7 Å². The van der Waals surface area contributed by atoms with E-state index in [1.807, 2.05) is 12.1 Å². The van der Waals surface area contributed by atoms with E-state index in [0.717, 1.165) is 4.90 Å². The summed E-state index contributed by atoms with van der Waals surface area (Å²) in [5.41, 5.74) is 0.913. The fourth-order valence-electron chi connectivity index (χ4n) is 3.35. The third-order valence-corrected chi connectivity index (χ3v) is 5.89. The van der Waals surface area contributed by atoms with Gasteiger partial charge in [-0.15, -0.1) is 0 Å². The molecule has 2 amide bonds. The van der Waals surface area contributed by atoms with E-state index in [1.54, 1.807) is 24.4 Å². The zero-order chi connectivity index (χ0) is 22.0. The van der Waals surface area contributed by atoms with Crippen molar-refractivity contribution in [2.24, 2.45) is 0 Å². The van der Waals surface area contributed by atoms with Gasteiger partial charge >= 0.3 is 6.03 Å². The summed E-state index contributed by atoms with van der Waals surface area (Å²) >= 11 is 1.23. The molecule has 0 saturated carbocycles. The Morgan fingerprint density at radius 1 is 0.968 bits per heavy atom. The van der Waals surface area contributed by atoms with Gasteiger partial charge in [0.2, 0.25) is 0 Å². The van der Waals surface area contributed by atoms with Crippen molar-refractivity contribution in [1.82, 2.24) is 9.29 Å². The van der Waals surface area contributed by atoms with E-state index >= 15 is 0 Å². The van der Waals surface area contributed by atoms with Crippen molar-refractivity contribution < 1.29 is 23.0 Å². The largest absolute Gasteiger partial charge is 0.493 e. The van der Waals surface area contributed by atoms with Gasteiger partial charge in [0.15, 0.2) is 11.5 Å². The predicted octanol–water partition coefficient (Wildman–Crippen LogP) is 5.03. The van der Waals surface area contributed by atoms with Crippen molar-refractivity contribution in [3.8, 4) is 11.5 Å². The number of fused-ring (bicyclic) bond motifs is 1. The van der Waals surface area contributed by atoms with Crippen LogP contribution >= 0.6 is 11.9 Å². The highest BCUT2D eigenvalue weighted by molar-refractivity contribution is 7.97. The first-order chi connectivity index (χ1) is 15.0. The highest BCUT2D eigenvalue weighted by atomic mass is 32.2. The van der Waals surface area contributed by atoms with Gasteiger partial charge in [0, 0.05) is 17.8 Å². The summed E-state index contributed by atoms with van der Waals surface area (Å²) < 4.78 is 40.8. The minimum atomic E-state index is -0.703. The quantitative estimate of drug-likeness (QED) is 0.501. The molecule has 160 valence electrons. The smallest absolute Gasteiger partial charge is 0.335 e. The lowest BCUT2D eigenvalue weighted by molar-refractivity contribution is 0.228. The fourth-order valence-corrected chi connectivity index (χ4v) is 4.36.